The van der Waals surface area contributed by atoms with Gasteiger partial charge in [-0.25, -0.2) is 0 Å². The van der Waals surface area contributed by atoms with Gasteiger partial charge in [0, 0.05) is 44.7 Å². The number of benzene rings is 2. The molecule has 2 atom stereocenters. The van der Waals surface area contributed by atoms with Crippen LogP contribution < -0.4 is 4.74 Å². The SMILES string of the molecule is Cc1ccc2c(c1)CN(CCC(=O)N1CCC([C@@H](O)c3ccccc3)CC1)C[C@@H](C)O2. The highest BCUT2D eigenvalue weighted by Crippen LogP contribution is 2.31. The topological polar surface area (TPSA) is 53.0 Å². The Bertz CT molecular complexity index is 877. The van der Waals surface area contributed by atoms with Crippen molar-refractivity contribution in [3.8, 4) is 5.75 Å². The van der Waals surface area contributed by atoms with Gasteiger partial charge >= 0.3 is 0 Å². The van der Waals surface area contributed by atoms with Crippen LogP contribution in [0, 0.1) is 12.8 Å². The lowest BCUT2D eigenvalue weighted by molar-refractivity contribution is -0.133. The summed E-state index contributed by atoms with van der Waals surface area (Å²) in [5.74, 6) is 1.40. The van der Waals surface area contributed by atoms with Gasteiger partial charge in [-0.1, -0.05) is 48.0 Å². The van der Waals surface area contributed by atoms with Gasteiger partial charge < -0.3 is 14.7 Å². The van der Waals surface area contributed by atoms with Crippen LogP contribution in [0.15, 0.2) is 48.5 Å². The van der Waals surface area contributed by atoms with E-state index >= 15 is 0 Å². The Morgan fingerprint density at radius 3 is 2.65 bits per heavy atom. The van der Waals surface area contributed by atoms with E-state index in [-0.39, 0.29) is 17.9 Å². The van der Waals surface area contributed by atoms with Crippen LogP contribution in [0.2, 0.25) is 0 Å². The minimum atomic E-state index is -0.444. The molecule has 0 aliphatic carbocycles. The molecular weight excluding hydrogens is 388 g/mol. The number of nitrogens with zero attached hydrogens (tertiary/aromatic N) is 2. The molecule has 0 unspecified atom stereocenters. The molecule has 2 aliphatic rings. The summed E-state index contributed by atoms with van der Waals surface area (Å²) >= 11 is 0. The van der Waals surface area contributed by atoms with Crippen molar-refractivity contribution < 1.29 is 14.6 Å². The molecule has 166 valence electrons. The molecule has 1 amide bonds. The van der Waals surface area contributed by atoms with E-state index < -0.39 is 6.10 Å². The molecule has 2 heterocycles. The molecule has 0 saturated carbocycles. The first-order valence-corrected chi connectivity index (χ1v) is 11.5. The highest BCUT2D eigenvalue weighted by atomic mass is 16.5. The van der Waals surface area contributed by atoms with Gasteiger partial charge in [0.25, 0.3) is 0 Å². The predicted octanol–water partition coefficient (Wildman–Crippen LogP) is 3.94. The molecule has 0 bridgehead atoms. The summed E-state index contributed by atoms with van der Waals surface area (Å²) in [4.78, 5) is 17.2. The number of hydrogen-bond donors (Lipinski definition) is 1. The summed E-state index contributed by atoms with van der Waals surface area (Å²) in [7, 11) is 0. The minimum absolute atomic E-state index is 0.106. The highest BCUT2D eigenvalue weighted by Gasteiger charge is 2.28. The summed E-state index contributed by atoms with van der Waals surface area (Å²) in [5, 5.41) is 10.7. The van der Waals surface area contributed by atoms with Gasteiger partial charge in [-0.15, -0.1) is 0 Å². The minimum Gasteiger partial charge on any atom is -0.489 e. The fourth-order valence-electron chi connectivity index (χ4n) is 4.84. The fourth-order valence-corrected chi connectivity index (χ4v) is 4.84. The van der Waals surface area contributed by atoms with Crippen LogP contribution >= 0.6 is 0 Å². The molecule has 1 fully saturated rings. The number of piperidine rings is 1. The van der Waals surface area contributed by atoms with Crippen LogP contribution in [0.5, 0.6) is 5.75 Å². The first-order valence-electron chi connectivity index (χ1n) is 11.5. The number of aliphatic hydroxyl groups is 1. The molecule has 2 aromatic carbocycles. The average Bonchev–Trinajstić information content (AvgIpc) is 2.95. The van der Waals surface area contributed by atoms with Gasteiger partial charge in [0.1, 0.15) is 11.9 Å². The normalized spacial score (nSPS) is 21.1. The van der Waals surface area contributed by atoms with Crippen molar-refractivity contribution in [2.75, 3.05) is 26.2 Å². The Balaban J connectivity index is 1.27. The number of ether oxygens (including phenoxy) is 1. The summed E-state index contributed by atoms with van der Waals surface area (Å²) in [6.45, 7) is 8.04. The number of carbonyl (C=O) groups excluding carboxylic acids is 1. The predicted molar refractivity (Wildman–Crippen MR) is 122 cm³/mol. The largest absolute Gasteiger partial charge is 0.489 e. The Labute approximate surface area is 185 Å². The summed E-state index contributed by atoms with van der Waals surface area (Å²) in [6, 6.07) is 16.2. The number of aryl methyl sites for hydroxylation is 1. The van der Waals surface area contributed by atoms with Crippen molar-refractivity contribution >= 4 is 5.91 Å². The molecule has 5 heteroatoms. The maximum Gasteiger partial charge on any atom is 0.223 e. The van der Waals surface area contributed by atoms with Gasteiger partial charge in [-0.3, -0.25) is 9.69 Å². The molecule has 5 nitrogen and oxygen atoms in total. The Kier molecular flexibility index (Phi) is 6.93. The number of carbonyl (C=O) groups is 1. The Hall–Kier alpha value is -2.37. The fraction of sp³-hybridized carbons (Fsp3) is 0.500. The van der Waals surface area contributed by atoms with Crippen LogP contribution in [0.1, 0.15) is 49.0 Å². The molecule has 4 rings (SSSR count). The second-order valence-corrected chi connectivity index (χ2v) is 9.10. The lowest BCUT2D eigenvalue weighted by Crippen LogP contribution is -2.41. The van der Waals surface area contributed by atoms with Crippen molar-refractivity contribution in [2.24, 2.45) is 5.92 Å². The third-order valence-electron chi connectivity index (χ3n) is 6.58. The molecular formula is C26H34N2O3. The molecule has 0 aromatic heterocycles. The number of aliphatic hydroxyl groups excluding tert-OH is 1. The van der Waals surface area contributed by atoms with Gasteiger partial charge in [0.2, 0.25) is 5.91 Å². The monoisotopic (exact) mass is 422 g/mol. The van der Waals surface area contributed by atoms with Crippen LogP contribution in [0.4, 0.5) is 0 Å². The zero-order valence-corrected chi connectivity index (χ0v) is 18.7. The van der Waals surface area contributed by atoms with Crippen LogP contribution in [-0.4, -0.2) is 53.1 Å². The number of hydrogen-bond acceptors (Lipinski definition) is 4. The standard InChI is InChI=1S/C26H34N2O3/c1-19-8-9-24-23(16-19)18-27(17-20(2)31-24)13-12-25(29)28-14-10-22(11-15-28)26(30)21-6-4-3-5-7-21/h3-9,16,20,22,26,30H,10-15,17-18H2,1-2H3/t20-,26+/m1/s1. The van der Waals surface area contributed by atoms with E-state index in [2.05, 4.69) is 36.9 Å². The molecule has 1 N–H and O–H groups in total. The summed E-state index contributed by atoms with van der Waals surface area (Å²) in [5.41, 5.74) is 3.40. The van der Waals surface area contributed by atoms with Crippen molar-refractivity contribution in [2.45, 2.75) is 51.9 Å². The van der Waals surface area contributed by atoms with E-state index in [0.29, 0.717) is 6.42 Å². The Morgan fingerprint density at radius 1 is 1.16 bits per heavy atom. The van der Waals surface area contributed by atoms with Crippen LogP contribution in [0.3, 0.4) is 0 Å². The van der Waals surface area contributed by atoms with E-state index in [0.717, 1.165) is 56.9 Å². The smallest absolute Gasteiger partial charge is 0.223 e. The number of likely N-dealkylation sites (tertiary alicyclic amines) is 1. The van der Waals surface area contributed by atoms with Crippen LogP contribution in [0.25, 0.3) is 0 Å². The van der Waals surface area contributed by atoms with E-state index in [1.807, 2.05) is 35.2 Å². The average molecular weight is 423 g/mol. The van der Waals surface area contributed by atoms with Gasteiger partial charge in [-0.2, -0.15) is 0 Å². The lowest BCUT2D eigenvalue weighted by atomic mass is 9.87. The lowest BCUT2D eigenvalue weighted by Gasteiger charge is -2.35. The van der Waals surface area contributed by atoms with E-state index in [1.165, 1.54) is 11.1 Å². The van der Waals surface area contributed by atoms with E-state index in [1.54, 1.807) is 0 Å². The zero-order valence-electron chi connectivity index (χ0n) is 18.7. The van der Waals surface area contributed by atoms with Gasteiger partial charge in [0.05, 0.1) is 6.10 Å². The summed E-state index contributed by atoms with van der Waals surface area (Å²) in [6.07, 6.45) is 1.89. The third kappa shape index (κ3) is 5.46. The molecule has 31 heavy (non-hydrogen) atoms. The van der Waals surface area contributed by atoms with Gasteiger partial charge in [0.15, 0.2) is 0 Å². The highest BCUT2D eigenvalue weighted by molar-refractivity contribution is 5.76. The quantitative estimate of drug-likeness (QED) is 0.793. The molecule has 2 aliphatic heterocycles. The third-order valence-corrected chi connectivity index (χ3v) is 6.58. The molecule has 1 saturated heterocycles. The maximum absolute atomic E-state index is 12.9. The molecule has 2 aromatic rings. The van der Waals surface area contributed by atoms with Crippen molar-refractivity contribution in [1.29, 1.82) is 0 Å². The maximum atomic E-state index is 12.9. The second kappa shape index (κ2) is 9.84. The number of amides is 1. The zero-order chi connectivity index (χ0) is 21.8. The van der Waals surface area contributed by atoms with E-state index in [9.17, 15) is 9.90 Å². The first kappa shape index (κ1) is 21.8. The molecule has 0 radical (unpaired) electrons. The van der Waals surface area contributed by atoms with Crippen molar-refractivity contribution in [3.63, 3.8) is 0 Å². The molecule has 0 spiro atoms. The number of rotatable bonds is 5. The number of fused-ring (bicyclic) bond motifs is 1. The second-order valence-electron chi connectivity index (χ2n) is 9.10. The summed E-state index contributed by atoms with van der Waals surface area (Å²) < 4.78 is 6.08. The first-order chi connectivity index (χ1) is 15.0. The van der Waals surface area contributed by atoms with E-state index in [4.69, 9.17) is 4.74 Å². The van der Waals surface area contributed by atoms with Gasteiger partial charge in [-0.05, 0) is 44.2 Å². The van der Waals surface area contributed by atoms with Crippen molar-refractivity contribution in [1.82, 2.24) is 9.80 Å². The van der Waals surface area contributed by atoms with Crippen LogP contribution in [-0.2, 0) is 11.3 Å². The Morgan fingerprint density at radius 2 is 1.90 bits per heavy atom. The van der Waals surface area contributed by atoms with Crippen molar-refractivity contribution in [3.05, 3.63) is 65.2 Å².